The summed E-state index contributed by atoms with van der Waals surface area (Å²) in [5.74, 6) is 1.15. The van der Waals surface area contributed by atoms with Gasteiger partial charge in [0.05, 0.1) is 12.7 Å². The summed E-state index contributed by atoms with van der Waals surface area (Å²) in [4.78, 5) is 17.0. The predicted octanol–water partition coefficient (Wildman–Crippen LogP) is 3.48. The first-order chi connectivity index (χ1) is 13.0. The lowest BCUT2D eigenvalue weighted by atomic mass is 9.99. The molecule has 1 N–H and O–H groups in total. The summed E-state index contributed by atoms with van der Waals surface area (Å²) in [6, 6.07) is 13.4. The smallest absolute Gasteiger partial charge is 0.257 e. The Hall–Kier alpha value is -2.53. The Morgan fingerprint density at radius 1 is 1.07 bits per heavy atom. The zero-order chi connectivity index (χ0) is 19.4. The number of methoxy groups -OCH3 is 1. The van der Waals surface area contributed by atoms with Gasteiger partial charge in [0.1, 0.15) is 11.5 Å². The molecule has 0 aromatic heterocycles. The molecule has 0 spiro atoms. The number of carbonyl (C=O) groups excluding carboxylic acids is 1. The number of hydrogen-bond donors (Lipinski definition) is 1. The van der Waals surface area contributed by atoms with Gasteiger partial charge in [-0.3, -0.25) is 9.69 Å². The van der Waals surface area contributed by atoms with Crippen LogP contribution in [-0.2, 0) is 6.54 Å². The Kier molecular flexibility index (Phi) is 6.01. The van der Waals surface area contributed by atoms with Gasteiger partial charge in [-0.1, -0.05) is 32.0 Å². The fourth-order valence-electron chi connectivity index (χ4n) is 3.35. The van der Waals surface area contributed by atoms with Crippen LogP contribution in [0.3, 0.4) is 0 Å². The van der Waals surface area contributed by atoms with Gasteiger partial charge in [0.15, 0.2) is 0 Å². The number of aromatic hydroxyl groups is 1. The SMILES string of the molecule is COc1ccc(CN2CCN(C(=O)c3cc(C(C)C)ccc3O)CC2)cc1. The maximum absolute atomic E-state index is 12.9. The number of amides is 1. The van der Waals surface area contributed by atoms with Gasteiger partial charge in [0, 0.05) is 32.7 Å². The second-order valence-corrected chi connectivity index (χ2v) is 7.35. The number of hydrogen-bond acceptors (Lipinski definition) is 4. The molecule has 1 fully saturated rings. The quantitative estimate of drug-likeness (QED) is 0.878. The highest BCUT2D eigenvalue weighted by molar-refractivity contribution is 5.97. The van der Waals surface area contributed by atoms with Crippen LogP contribution in [0.25, 0.3) is 0 Å². The van der Waals surface area contributed by atoms with Gasteiger partial charge in [-0.15, -0.1) is 0 Å². The minimum Gasteiger partial charge on any atom is -0.507 e. The number of carbonyl (C=O) groups is 1. The fraction of sp³-hybridized carbons (Fsp3) is 0.409. The summed E-state index contributed by atoms with van der Waals surface area (Å²) in [6.45, 7) is 8.00. The molecule has 144 valence electrons. The van der Waals surface area contributed by atoms with Crippen LogP contribution in [0.5, 0.6) is 11.5 Å². The maximum atomic E-state index is 12.9. The zero-order valence-corrected chi connectivity index (χ0v) is 16.3. The molecule has 1 saturated heterocycles. The first-order valence-electron chi connectivity index (χ1n) is 9.45. The van der Waals surface area contributed by atoms with Crippen molar-refractivity contribution in [2.75, 3.05) is 33.3 Å². The number of phenols is 1. The van der Waals surface area contributed by atoms with E-state index in [1.54, 1.807) is 13.2 Å². The van der Waals surface area contributed by atoms with Crippen molar-refractivity contribution < 1.29 is 14.6 Å². The van der Waals surface area contributed by atoms with Gasteiger partial charge in [-0.25, -0.2) is 0 Å². The van der Waals surface area contributed by atoms with Crippen molar-refractivity contribution in [1.82, 2.24) is 9.80 Å². The lowest BCUT2D eigenvalue weighted by Crippen LogP contribution is -2.48. The van der Waals surface area contributed by atoms with Crippen LogP contribution in [0.1, 0.15) is 41.3 Å². The first kappa shape index (κ1) is 19.2. The Bertz CT molecular complexity index is 779. The van der Waals surface area contributed by atoms with Crippen molar-refractivity contribution in [1.29, 1.82) is 0 Å². The first-order valence-corrected chi connectivity index (χ1v) is 9.45. The molecule has 0 atom stereocenters. The minimum atomic E-state index is -0.0842. The Labute approximate surface area is 161 Å². The van der Waals surface area contributed by atoms with E-state index in [-0.39, 0.29) is 11.7 Å². The predicted molar refractivity (Wildman–Crippen MR) is 106 cm³/mol. The van der Waals surface area contributed by atoms with Crippen LogP contribution < -0.4 is 4.74 Å². The summed E-state index contributed by atoms with van der Waals surface area (Å²) in [5.41, 5.74) is 2.71. The second-order valence-electron chi connectivity index (χ2n) is 7.35. The number of piperazine rings is 1. The molecule has 0 saturated carbocycles. The van der Waals surface area contributed by atoms with Crippen molar-refractivity contribution in [3.8, 4) is 11.5 Å². The Morgan fingerprint density at radius 2 is 1.74 bits per heavy atom. The van der Waals surface area contributed by atoms with Gasteiger partial charge >= 0.3 is 0 Å². The molecule has 1 heterocycles. The molecule has 1 aliphatic heterocycles. The van der Waals surface area contributed by atoms with Crippen LogP contribution >= 0.6 is 0 Å². The summed E-state index contributed by atoms with van der Waals surface area (Å²) in [7, 11) is 1.67. The average Bonchev–Trinajstić information content (AvgIpc) is 2.69. The van der Waals surface area contributed by atoms with E-state index in [0.29, 0.717) is 24.6 Å². The monoisotopic (exact) mass is 368 g/mol. The van der Waals surface area contributed by atoms with E-state index >= 15 is 0 Å². The molecule has 5 heteroatoms. The van der Waals surface area contributed by atoms with Crippen molar-refractivity contribution in [2.24, 2.45) is 0 Å². The highest BCUT2D eigenvalue weighted by Gasteiger charge is 2.24. The third kappa shape index (κ3) is 4.61. The van der Waals surface area contributed by atoms with Crippen molar-refractivity contribution >= 4 is 5.91 Å². The van der Waals surface area contributed by atoms with Crippen LogP contribution in [0.2, 0.25) is 0 Å². The number of phenolic OH excluding ortho intramolecular Hbond substituents is 1. The van der Waals surface area contributed by atoms with E-state index in [1.807, 2.05) is 29.2 Å². The summed E-state index contributed by atoms with van der Waals surface area (Å²) >= 11 is 0. The van der Waals surface area contributed by atoms with E-state index in [4.69, 9.17) is 4.74 Å². The summed E-state index contributed by atoms with van der Waals surface area (Å²) in [6.07, 6.45) is 0. The van der Waals surface area contributed by atoms with Crippen LogP contribution in [0.15, 0.2) is 42.5 Å². The fourth-order valence-corrected chi connectivity index (χ4v) is 3.35. The van der Waals surface area contributed by atoms with Crippen molar-refractivity contribution in [3.05, 3.63) is 59.2 Å². The standard InChI is InChI=1S/C22H28N2O3/c1-16(2)18-6-9-21(25)20(14-18)22(26)24-12-10-23(11-13-24)15-17-4-7-19(27-3)8-5-17/h4-9,14,16,25H,10-13,15H2,1-3H3. The van der Waals surface area contributed by atoms with E-state index < -0.39 is 0 Å². The normalized spacial score (nSPS) is 15.2. The van der Waals surface area contributed by atoms with Gasteiger partial charge in [-0.2, -0.15) is 0 Å². The van der Waals surface area contributed by atoms with Gasteiger partial charge in [0.25, 0.3) is 5.91 Å². The van der Waals surface area contributed by atoms with Gasteiger partial charge < -0.3 is 14.7 Å². The van der Waals surface area contributed by atoms with E-state index in [9.17, 15) is 9.90 Å². The average molecular weight is 368 g/mol. The molecule has 5 nitrogen and oxygen atoms in total. The minimum absolute atomic E-state index is 0.0602. The van der Waals surface area contributed by atoms with E-state index in [2.05, 4.69) is 30.9 Å². The molecule has 0 radical (unpaired) electrons. The van der Waals surface area contributed by atoms with E-state index in [0.717, 1.165) is 30.9 Å². The highest BCUT2D eigenvalue weighted by Crippen LogP contribution is 2.25. The molecule has 2 aromatic carbocycles. The molecule has 0 aliphatic carbocycles. The van der Waals surface area contributed by atoms with Crippen LogP contribution in [-0.4, -0.2) is 54.1 Å². The maximum Gasteiger partial charge on any atom is 0.257 e. The van der Waals surface area contributed by atoms with Crippen molar-refractivity contribution in [3.63, 3.8) is 0 Å². The van der Waals surface area contributed by atoms with Gasteiger partial charge in [0.2, 0.25) is 0 Å². The van der Waals surface area contributed by atoms with Crippen molar-refractivity contribution in [2.45, 2.75) is 26.3 Å². The topological polar surface area (TPSA) is 53.0 Å². The third-order valence-corrected chi connectivity index (χ3v) is 5.14. The summed E-state index contributed by atoms with van der Waals surface area (Å²) in [5, 5.41) is 10.1. The molecule has 1 aliphatic rings. The Morgan fingerprint density at radius 3 is 2.33 bits per heavy atom. The number of nitrogens with zero attached hydrogens (tertiary/aromatic N) is 2. The molecule has 2 aromatic rings. The highest BCUT2D eigenvalue weighted by atomic mass is 16.5. The number of rotatable bonds is 5. The third-order valence-electron chi connectivity index (χ3n) is 5.14. The number of ether oxygens (including phenoxy) is 1. The molecular formula is C22H28N2O3. The van der Waals surface area contributed by atoms with Crippen LogP contribution in [0.4, 0.5) is 0 Å². The number of benzene rings is 2. The zero-order valence-electron chi connectivity index (χ0n) is 16.3. The lowest BCUT2D eigenvalue weighted by molar-refractivity contribution is 0.0625. The molecular weight excluding hydrogens is 340 g/mol. The van der Waals surface area contributed by atoms with E-state index in [1.165, 1.54) is 5.56 Å². The largest absolute Gasteiger partial charge is 0.507 e. The molecule has 3 rings (SSSR count). The molecule has 0 unspecified atom stereocenters. The second kappa shape index (κ2) is 8.44. The molecule has 0 bridgehead atoms. The summed E-state index contributed by atoms with van der Waals surface area (Å²) < 4.78 is 5.20. The van der Waals surface area contributed by atoms with Crippen LogP contribution in [0, 0.1) is 0 Å². The lowest BCUT2D eigenvalue weighted by Gasteiger charge is -2.35. The Balaban J connectivity index is 1.60. The van der Waals surface area contributed by atoms with Gasteiger partial charge in [-0.05, 0) is 41.3 Å². The molecule has 27 heavy (non-hydrogen) atoms. The molecule has 1 amide bonds.